The van der Waals surface area contributed by atoms with Gasteiger partial charge in [0.25, 0.3) is 0 Å². The summed E-state index contributed by atoms with van der Waals surface area (Å²) < 4.78 is 0. The number of nitrogens with one attached hydrogen (secondary N) is 1. The fourth-order valence-corrected chi connectivity index (χ4v) is 2.39. The molecule has 0 bridgehead atoms. The second-order valence-corrected chi connectivity index (χ2v) is 5.21. The number of carbonyl (C=O) groups is 1. The van der Waals surface area contributed by atoms with Crippen molar-refractivity contribution in [3.8, 4) is 5.75 Å². The maximum atomic E-state index is 11.0. The molecule has 3 aromatic carbocycles. The third-order valence-electron chi connectivity index (χ3n) is 3.48. The van der Waals surface area contributed by atoms with Crippen LogP contribution in [-0.4, -0.2) is 17.2 Å². The third kappa shape index (κ3) is 3.37. The third-order valence-corrected chi connectivity index (χ3v) is 3.48. The zero-order valence-corrected chi connectivity index (χ0v) is 12.7. The largest absolute Gasteiger partial charge is 0.507 e. The SMILES string of the molecule is CC(=O)Nc1ccc(/N=C/c2c(O)ccc3ccccc23)cc1. The van der Waals surface area contributed by atoms with E-state index in [0.29, 0.717) is 5.56 Å². The monoisotopic (exact) mass is 304 g/mol. The molecule has 1 amide bonds. The van der Waals surface area contributed by atoms with Gasteiger partial charge in [0.05, 0.1) is 5.69 Å². The predicted molar refractivity (Wildman–Crippen MR) is 93.6 cm³/mol. The van der Waals surface area contributed by atoms with Crippen LogP contribution in [0.4, 0.5) is 11.4 Å². The first-order valence-corrected chi connectivity index (χ1v) is 7.26. The van der Waals surface area contributed by atoms with Crippen molar-refractivity contribution in [2.45, 2.75) is 6.92 Å². The Kier molecular flexibility index (Phi) is 4.06. The average molecular weight is 304 g/mol. The number of benzene rings is 3. The Morgan fingerprint density at radius 1 is 1.04 bits per heavy atom. The van der Waals surface area contributed by atoms with Crippen molar-refractivity contribution >= 4 is 34.3 Å². The van der Waals surface area contributed by atoms with Gasteiger partial charge in [-0.2, -0.15) is 0 Å². The molecule has 0 atom stereocenters. The van der Waals surface area contributed by atoms with Gasteiger partial charge in [0.2, 0.25) is 5.91 Å². The number of phenols is 1. The molecule has 0 aliphatic carbocycles. The number of amides is 1. The van der Waals surface area contributed by atoms with Gasteiger partial charge in [-0.3, -0.25) is 9.79 Å². The lowest BCUT2D eigenvalue weighted by Crippen LogP contribution is -2.04. The van der Waals surface area contributed by atoms with E-state index in [1.54, 1.807) is 24.4 Å². The van der Waals surface area contributed by atoms with E-state index in [1.165, 1.54) is 6.92 Å². The molecule has 0 aromatic heterocycles. The van der Waals surface area contributed by atoms with Crippen LogP contribution in [0, 0.1) is 0 Å². The summed E-state index contributed by atoms with van der Waals surface area (Å²) in [6.45, 7) is 1.47. The van der Waals surface area contributed by atoms with E-state index in [4.69, 9.17) is 0 Å². The lowest BCUT2D eigenvalue weighted by atomic mass is 10.0. The van der Waals surface area contributed by atoms with Crippen LogP contribution in [0.1, 0.15) is 12.5 Å². The Morgan fingerprint density at radius 3 is 2.52 bits per heavy atom. The van der Waals surface area contributed by atoms with Crippen molar-refractivity contribution < 1.29 is 9.90 Å². The smallest absolute Gasteiger partial charge is 0.221 e. The Labute approximate surface area is 134 Å². The van der Waals surface area contributed by atoms with Crippen LogP contribution in [0.25, 0.3) is 10.8 Å². The molecule has 0 spiro atoms. The molecule has 0 radical (unpaired) electrons. The standard InChI is InChI=1S/C19H16N2O2/c1-13(22)21-16-9-7-15(8-10-16)20-12-18-17-5-3-2-4-14(17)6-11-19(18)23/h2-12,23H,1H3,(H,21,22)/b20-12+. The lowest BCUT2D eigenvalue weighted by molar-refractivity contribution is -0.114. The molecular formula is C19H16N2O2. The van der Waals surface area contributed by atoms with Gasteiger partial charge in [0.15, 0.2) is 0 Å². The number of nitrogens with zero attached hydrogens (tertiary/aromatic N) is 1. The number of rotatable bonds is 3. The van der Waals surface area contributed by atoms with Crippen molar-refractivity contribution in [3.63, 3.8) is 0 Å². The molecule has 0 fully saturated rings. The van der Waals surface area contributed by atoms with Crippen molar-refractivity contribution in [2.75, 3.05) is 5.32 Å². The Bertz CT molecular complexity index is 884. The fourth-order valence-electron chi connectivity index (χ4n) is 2.39. The van der Waals surface area contributed by atoms with E-state index in [1.807, 2.05) is 42.5 Å². The summed E-state index contributed by atoms with van der Waals surface area (Å²) in [5.41, 5.74) is 2.16. The highest BCUT2D eigenvalue weighted by Gasteiger charge is 2.04. The molecule has 2 N–H and O–H groups in total. The van der Waals surface area contributed by atoms with E-state index < -0.39 is 0 Å². The van der Waals surface area contributed by atoms with Gasteiger partial charge in [-0.15, -0.1) is 0 Å². The minimum absolute atomic E-state index is 0.109. The summed E-state index contributed by atoms with van der Waals surface area (Å²) in [4.78, 5) is 15.4. The van der Waals surface area contributed by atoms with E-state index in [0.717, 1.165) is 22.1 Å². The maximum absolute atomic E-state index is 11.0. The quantitative estimate of drug-likeness (QED) is 0.710. The van der Waals surface area contributed by atoms with Crippen LogP contribution in [0.15, 0.2) is 65.7 Å². The number of hydrogen-bond donors (Lipinski definition) is 2. The predicted octanol–water partition coefficient (Wildman–Crippen LogP) is 4.25. The number of carbonyl (C=O) groups excluding carboxylic acids is 1. The van der Waals surface area contributed by atoms with Crippen LogP contribution in [0.2, 0.25) is 0 Å². The zero-order valence-electron chi connectivity index (χ0n) is 12.7. The molecule has 0 saturated heterocycles. The summed E-state index contributed by atoms with van der Waals surface area (Å²) in [7, 11) is 0. The second kappa shape index (κ2) is 6.32. The molecule has 23 heavy (non-hydrogen) atoms. The normalized spacial score (nSPS) is 11.0. The summed E-state index contributed by atoms with van der Waals surface area (Å²) >= 11 is 0. The Hall–Kier alpha value is -3.14. The lowest BCUT2D eigenvalue weighted by Gasteiger charge is -2.05. The molecule has 3 rings (SSSR count). The average Bonchev–Trinajstić information content (AvgIpc) is 2.55. The molecule has 0 unspecified atom stereocenters. The highest BCUT2D eigenvalue weighted by molar-refractivity contribution is 6.03. The molecule has 4 heteroatoms. The number of hydrogen-bond acceptors (Lipinski definition) is 3. The number of aliphatic imine (C=N–C) groups is 1. The molecule has 0 aliphatic heterocycles. The minimum Gasteiger partial charge on any atom is -0.507 e. The summed E-state index contributed by atoms with van der Waals surface area (Å²) in [5.74, 6) is 0.0873. The molecular weight excluding hydrogens is 288 g/mol. The van der Waals surface area contributed by atoms with E-state index in [2.05, 4.69) is 10.3 Å². The van der Waals surface area contributed by atoms with Crippen LogP contribution in [0.3, 0.4) is 0 Å². The Balaban J connectivity index is 1.91. The van der Waals surface area contributed by atoms with E-state index >= 15 is 0 Å². The number of phenolic OH excluding ortho intramolecular Hbond substituents is 1. The van der Waals surface area contributed by atoms with Gasteiger partial charge in [-0.25, -0.2) is 0 Å². The first-order chi connectivity index (χ1) is 11.1. The van der Waals surface area contributed by atoms with Gasteiger partial charge in [-0.1, -0.05) is 30.3 Å². The molecule has 0 heterocycles. The van der Waals surface area contributed by atoms with Crippen molar-refractivity contribution in [1.82, 2.24) is 0 Å². The van der Waals surface area contributed by atoms with Gasteiger partial charge >= 0.3 is 0 Å². The Morgan fingerprint density at radius 2 is 1.78 bits per heavy atom. The minimum atomic E-state index is -0.109. The van der Waals surface area contributed by atoms with Crippen molar-refractivity contribution in [3.05, 3.63) is 66.2 Å². The molecule has 4 nitrogen and oxygen atoms in total. The van der Waals surface area contributed by atoms with E-state index in [-0.39, 0.29) is 11.7 Å². The van der Waals surface area contributed by atoms with Gasteiger partial charge in [0.1, 0.15) is 5.75 Å². The summed E-state index contributed by atoms with van der Waals surface area (Å²) in [6, 6.07) is 18.6. The zero-order chi connectivity index (χ0) is 16.2. The number of fused-ring (bicyclic) bond motifs is 1. The van der Waals surface area contributed by atoms with Crippen LogP contribution in [-0.2, 0) is 4.79 Å². The topological polar surface area (TPSA) is 61.7 Å². The van der Waals surface area contributed by atoms with Crippen LogP contribution >= 0.6 is 0 Å². The molecule has 3 aromatic rings. The van der Waals surface area contributed by atoms with Gasteiger partial charge in [0, 0.05) is 24.4 Å². The highest BCUT2D eigenvalue weighted by atomic mass is 16.3. The molecule has 0 saturated carbocycles. The molecule has 0 aliphatic rings. The molecule has 114 valence electrons. The van der Waals surface area contributed by atoms with E-state index in [9.17, 15) is 9.90 Å². The first kappa shape index (κ1) is 14.8. The fraction of sp³-hybridized carbons (Fsp3) is 0.0526. The highest BCUT2D eigenvalue weighted by Crippen LogP contribution is 2.26. The van der Waals surface area contributed by atoms with Crippen molar-refractivity contribution in [1.29, 1.82) is 0 Å². The first-order valence-electron chi connectivity index (χ1n) is 7.26. The van der Waals surface area contributed by atoms with Crippen molar-refractivity contribution in [2.24, 2.45) is 4.99 Å². The number of anilines is 1. The van der Waals surface area contributed by atoms with Gasteiger partial charge < -0.3 is 10.4 Å². The number of aromatic hydroxyl groups is 1. The summed E-state index contributed by atoms with van der Waals surface area (Å²) in [6.07, 6.45) is 1.66. The van der Waals surface area contributed by atoms with Gasteiger partial charge in [-0.05, 0) is 41.1 Å². The maximum Gasteiger partial charge on any atom is 0.221 e. The van der Waals surface area contributed by atoms with Crippen LogP contribution < -0.4 is 5.32 Å². The van der Waals surface area contributed by atoms with Crippen LogP contribution in [0.5, 0.6) is 5.75 Å². The summed E-state index contributed by atoms with van der Waals surface area (Å²) in [5, 5.41) is 14.8. The second-order valence-electron chi connectivity index (χ2n) is 5.21.